The summed E-state index contributed by atoms with van der Waals surface area (Å²) in [5, 5.41) is 11.4. The largest absolute Gasteiger partial charge is 1.00 e. The molecule has 2 nitrogen and oxygen atoms in total. The Morgan fingerprint density at radius 2 is 0.778 bits per heavy atom. The molecule has 0 aliphatic rings. The minimum atomic E-state index is -1.12. The Bertz CT molecular complexity index is 761. The molecule has 0 bridgehead atoms. The zero-order valence-corrected chi connectivity index (χ0v) is 15.6. The van der Waals surface area contributed by atoms with Crippen molar-refractivity contribution in [2.75, 3.05) is 0 Å². The van der Waals surface area contributed by atoms with Gasteiger partial charge in [0.15, 0.2) is 12.4 Å². The van der Waals surface area contributed by atoms with E-state index in [4.69, 9.17) is 0 Å². The maximum Gasteiger partial charge on any atom is 0.166 e. The first-order valence-electron chi connectivity index (χ1n) is 8.62. The molecule has 1 heterocycles. The lowest BCUT2D eigenvalue weighted by Crippen LogP contribution is -3.00. The lowest BCUT2D eigenvalue weighted by molar-refractivity contribution is -0.377. The van der Waals surface area contributed by atoms with Crippen molar-refractivity contribution in [2.45, 2.75) is 5.60 Å². The van der Waals surface area contributed by atoms with Gasteiger partial charge in [0, 0.05) is 12.1 Å². The van der Waals surface area contributed by atoms with Crippen molar-refractivity contribution in [3.05, 3.63) is 138 Å². The third kappa shape index (κ3) is 5.04. The second-order valence-electron chi connectivity index (χ2n) is 5.89. The van der Waals surface area contributed by atoms with E-state index < -0.39 is 5.60 Å². The van der Waals surface area contributed by atoms with Crippen molar-refractivity contribution in [1.82, 2.24) is 0 Å². The fourth-order valence-electron chi connectivity index (χ4n) is 2.88. The minimum absolute atomic E-state index is 0. The molecule has 2 N–H and O–H groups in total. The molecule has 0 saturated heterocycles. The number of benzene rings is 3. The van der Waals surface area contributed by atoms with Gasteiger partial charge in [-0.1, -0.05) is 97.1 Å². The normalized spacial score (nSPS) is 10.1. The second kappa shape index (κ2) is 10.3. The summed E-state index contributed by atoms with van der Waals surface area (Å²) in [6.07, 6.45) is 3.75. The van der Waals surface area contributed by atoms with Crippen LogP contribution in [-0.2, 0) is 5.60 Å². The molecule has 0 aliphatic carbocycles. The third-order valence-corrected chi connectivity index (χ3v) is 4.18. The van der Waals surface area contributed by atoms with Gasteiger partial charge in [0.2, 0.25) is 0 Å². The Labute approximate surface area is 166 Å². The molecule has 3 aromatic carbocycles. The number of hydrogen-bond donors (Lipinski definition) is 1. The van der Waals surface area contributed by atoms with Gasteiger partial charge in [-0.15, -0.1) is 0 Å². The molecule has 0 fully saturated rings. The topological polar surface area (TPSA) is 34.4 Å². The van der Waals surface area contributed by atoms with Crippen molar-refractivity contribution in [2.24, 2.45) is 0 Å². The van der Waals surface area contributed by atoms with Gasteiger partial charge in [-0.2, -0.15) is 0 Å². The molecule has 0 radical (unpaired) electrons. The standard InChI is InChI=1S/C19H16O.C5H5N.ClH/c20-19(16-10-4-1-5-11-16,17-12-6-2-7-13-17)18-14-8-3-9-15-18;1-2-4-6-5-3-1;/h1-15,20H;1-5H;1H. The van der Waals surface area contributed by atoms with Gasteiger partial charge in [-0.05, 0) is 16.7 Å². The number of H-pyrrole nitrogens is 1. The summed E-state index contributed by atoms with van der Waals surface area (Å²) in [5.41, 5.74) is 1.50. The van der Waals surface area contributed by atoms with Crippen LogP contribution in [0.4, 0.5) is 0 Å². The molecule has 136 valence electrons. The van der Waals surface area contributed by atoms with E-state index in [0.717, 1.165) is 16.7 Å². The number of halogens is 1. The van der Waals surface area contributed by atoms with Gasteiger partial charge in [-0.25, -0.2) is 4.98 Å². The molecule has 0 spiro atoms. The van der Waals surface area contributed by atoms with Gasteiger partial charge >= 0.3 is 0 Å². The average Bonchev–Trinajstić information content (AvgIpc) is 2.77. The molecular weight excluding hydrogens is 354 g/mol. The summed E-state index contributed by atoms with van der Waals surface area (Å²) >= 11 is 0. The van der Waals surface area contributed by atoms with Crippen LogP contribution in [0.5, 0.6) is 0 Å². The third-order valence-electron chi connectivity index (χ3n) is 4.18. The van der Waals surface area contributed by atoms with Crippen molar-refractivity contribution in [3.63, 3.8) is 0 Å². The maximum atomic E-state index is 11.4. The Balaban J connectivity index is 0.000000320. The number of aromatic amines is 1. The van der Waals surface area contributed by atoms with Crippen molar-refractivity contribution < 1.29 is 22.5 Å². The summed E-state index contributed by atoms with van der Waals surface area (Å²) in [7, 11) is 0. The van der Waals surface area contributed by atoms with Crippen molar-refractivity contribution in [1.29, 1.82) is 0 Å². The first-order chi connectivity index (χ1) is 12.8. The fraction of sp³-hybridized carbons (Fsp3) is 0.0417. The zero-order chi connectivity index (χ0) is 18.1. The van der Waals surface area contributed by atoms with Crippen LogP contribution in [0.1, 0.15) is 16.7 Å². The Hall–Kier alpha value is -2.94. The molecule has 0 atom stereocenters. The van der Waals surface area contributed by atoms with E-state index in [9.17, 15) is 5.11 Å². The van der Waals surface area contributed by atoms with Gasteiger partial charge in [0.25, 0.3) is 0 Å². The second-order valence-corrected chi connectivity index (χ2v) is 5.89. The van der Waals surface area contributed by atoms with E-state index in [1.54, 1.807) is 0 Å². The number of nitrogens with one attached hydrogen (secondary N) is 1. The highest BCUT2D eigenvalue weighted by Gasteiger charge is 2.33. The minimum Gasteiger partial charge on any atom is -1.00 e. The van der Waals surface area contributed by atoms with Gasteiger partial charge < -0.3 is 17.5 Å². The molecule has 3 heteroatoms. The average molecular weight is 376 g/mol. The molecule has 0 unspecified atom stereocenters. The quantitative estimate of drug-likeness (QED) is 0.541. The summed E-state index contributed by atoms with van der Waals surface area (Å²) in [5.74, 6) is 0. The molecule has 4 aromatic rings. The zero-order valence-electron chi connectivity index (χ0n) is 14.9. The molecule has 0 aliphatic heterocycles. The predicted molar refractivity (Wildman–Crippen MR) is 104 cm³/mol. The van der Waals surface area contributed by atoms with Gasteiger partial charge in [-0.3, -0.25) is 0 Å². The van der Waals surface area contributed by atoms with Crippen LogP contribution in [0.15, 0.2) is 122 Å². The SMILES string of the molecule is OC(c1ccccc1)(c1ccccc1)c1ccccc1.[Cl-].c1cc[nH+]cc1. The number of pyridine rings is 1. The van der Waals surface area contributed by atoms with E-state index in [1.165, 1.54) is 0 Å². The summed E-state index contributed by atoms with van der Waals surface area (Å²) in [4.78, 5) is 2.89. The molecular formula is C24H22ClNO. The van der Waals surface area contributed by atoms with Crippen molar-refractivity contribution >= 4 is 0 Å². The Morgan fingerprint density at radius 1 is 0.481 bits per heavy atom. The molecule has 4 rings (SSSR count). The van der Waals surface area contributed by atoms with E-state index in [0.29, 0.717) is 0 Å². The Morgan fingerprint density at radius 3 is 1.00 bits per heavy atom. The first-order valence-corrected chi connectivity index (χ1v) is 8.62. The molecule has 0 saturated carbocycles. The molecule has 27 heavy (non-hydrogen) atoms. The smallest absolute Gasteiger partial charge is 0.166 e. The van der Waals surface area contributed by atoms with Crippen LogP contribution in [0.3, 0.4) is 0 Å². The van der Waals surface area contributed by atoms with E-state index >= 15 is 0 Å². The summed E-state index contributed by atoms with van der Waals surface area (Å²) in [6.45, 7) is 0. The van der Waals surface area contributed by atoms with Crippen LogP contribution in [0, 0.1) is 0 Å². The number of hydrogen-bond acceptors (Lipinski definition) is 1. The number of rotatable bonds is 3. The Kier molecular flexibility index (Phi) is 7.75. The van der Waals surface area contributed by atoms with E-state index in [1.807, 2.05) is 122 Å². The molecule has 0 amide bonds. The lowest BCUT2D eigenvalue weighted by Gasteiger charge is -2.30. The van der Waals surface area contributed by atoms with Crippen LogP contribution in [0.2, 0.25) is 0 Å². The predicted octanol–water partition coefficient (Wildman–Crippen LogP) is 1.48. The molecule has 1 aromatic heterocycles. The summed E-state index contributed by atoms with van der Waals surface area (Å²) in [6, 6.07) is 35.2. The number of aliphatic hydroxyl groups is 1. The highest BCUT2D eigenvalue weighted by atomic mass is 35.5. The van der Waals surface area contributed by atoms with E-state index in [2.05, 4.69) is 4.98 Å². The highest BCUT2D eigenvalue weighted by molar-refractivity contribution is 5.46. The van der Waals surface area contributed by atoms with Crippen molar-refractivity contribution in [3.8, 4) is 0 Å². The maximum absolute atomic E-state index is 11.4. The van der Waals surface area contributed by atoms with Crippen LogP contribution in [-0.4, -0.2) is 5.11 Å². The van der Waals surface area contributed by atoms with Crippen LogP contribution < -0.4 is 17.4 Å². The summed E-state index contributed by atoms with van der Waals surface area (Å²) < 4.78 is 0. The number of aromatic nitrogens is 1. The first kappa shape index (κ1) is 20.4. The van der Waals surface area contributed by atoms with Crippen LogP contribution >= 0.6 is 0 Å². The fourth-order valence-corrected chi connectivity index (χ4v) is 2.88. The van der Waals surface area contributed by atoms with Gasteiger partial charge in [0.1, 0.15) is 5.60 Å². The lowest BCUT2D eigenvalue weighted by atomic mass is 9.80. The van der Waals surface area contributed by atoms with E-state index in [-0.39, 0.29) is 12.4 Å². The van der Waals surface area contributed by atoms with Gasteiger partial charge in [0.05, 0.1) is 0 Å². The van der Waals surface area contributed by atoms with Crippen LogP contribution in [0.25, 0.3) is 0 Å². The monoisotopic (exact) mass is 375 g/mol. The highest BCUT2D eigenvalue weighted by Crippen LogP contribution is 2.36.